The van der Waals surface area contributed by atoms with Crippen molar-refractivity contribution in [3.05, 3.63) is 29.3 Å². The van der Waals surface area contributed by atoms with Gasteiger partial charge in [-0.3, -0.25) is 9.59 Å². The van der Waals surface area contributed by atoms with Gasteiger partial charge in [0.1, 0.15) is 0 Å². The molecule has 5 heteroatoms. The highest BCUT2D eigenvalue weighted by Gasteiger charge is 2.20. The first-order valence-corrected chi connectivity index (χ1v) is 7.35. The summed E-state index contributed by atoms with van der Waals surface area (Å²) in [5, 5.41) is 5.57. The number of benzene rings is 1. The second-order valence-corrected chi connectivity index (χ2v) is 5.29. The zero-order valence-corrected chi connectivity index (χ0v) is 13.2. The van der Waals surface area contributed by atoms with Crippen LogP contribution in [0, 0.1) is 12.8 Å². The van der Waals surface area contributed by atoms with Gasteiger partial charge in [0.25, 0.3) is 5.91 Å². The fraction of sp³-hybridized carbons (Fsp3) is 0.500. The summed E-state index contributed by atoms with van der Waals surface area (Å²) in [4.78, 5) is 23.8. The molecule has 0 spiro atoms. The molecule has 2 atom stereocenters. The third kappa shape index (κ3) is 4.56. The Hall–Kier alpha value is -1.88. The van der Waals surface area contributed by atoms with Crippen LogP contribution in [0.25, 0.3) is 0 Å². The molecule has 1 rings (SSSR count). The summed E-state index contributed by atoms with van der Waals surface area (Å²) in [6, 6.07) is 4.66. The van der Waals surface area contributed by atoms with Crippen LogP contribution in [0.5, 0.6) is 0 Å². The maximum absolute atomic E-state index is 12.1. The van der Waals surface area contributed by atoms with E-state index in [0.717, 1.165) is 12.0 Å². The molecule has 0 heterocycles. The zero-order chi connectivity index (χ0) is 16.0. The molecule has 1 aromatic carbocycles. The van der Waals surface area contributed by atoms with Gasteiger partial charge in [-0.2, -0.15) is 0 Å². The maximum atomic E-state index is 12.1. The number of hydrogen-bond donors (Lipinski definition) is 3. The quantitative estimate of drug-likeness (QED) is 0.750. The Bertz CT molecular complexity index is 514. The minimum absolute atomic E-state index is 0.116. The Morgan fingerprint density at radius 3 is 2.48 bits per heavy atom. The lowest BCUT2D eigenvalue weighted by Gasteiger charge is -2.18. The third-order valence-corrected chi connectivity index (χ3v) is 3.64. The van der Waals surface area contributed by atoms with Crippen molar-refractivity contribution in [2.75, 3.05) is 11.9 Å². The van der Waals surface area contributed by atoms with Gasteiger partial charge in [-0.15, -0.1) is 0 Å². The van der Waals surface area contributed by atoms with E-state index in [1.54, 1.807) is 18.2 Å². The third-order valence-electron chi connectivity index (χ3n) is 3.64. The van der Waals surface area contributed by atoms with Crippen molar-refractivity contribution in [1.82, 2.24) is 5.32 Å². The highest BCUT2D eigenvalue weighted by Crippen LogP contribution is 2.18. The van der Waals surface area contributed by atoms with Crippen molar-refractivity contribution in [3.8, 4) is 0 Å². The van der Waals surface area contributed by atoms with E-state index in [0.29, 0.717) is 17.8 Å². The Morgan fingerprint density at radius 1 is 1.29 bits per heavy atom. The van der Waals surface area contributed by atoms with Gasteiger partial charge in [-0.05, 0) is 43.5 Å². The molecular formula is C16H25N3O2. The molecule has 0 saturated heterocycles. The second kappa shape index (κ2) is 7.78. The van der Waals surface area contributed by atoms with Crippen molar-refractivity contribution in [1.29, 1.82) is 0 Å². The Balaban J connectivity index is 2.81. The number of nitrogens with one attached hydrogen (secondary N) is 2. The van der Waals surface area contributed by atoms with Crippen molar-refractivity contribution >= 4 is 17.5 Å². The summed E-state index contributed by atoms with van der Waals surface area (Å²) in [6.45, 7) is 8.27. The Labute approximate surface area is 126 Å². The van der Waals surface area contributed by atoms with Crippen LogP contribution in [0.4, 0.5) is 5.69 Å². The highest BCUT2D eigenvalue weighted by molar-refractivity contribution is 5.98. The number of carbonyl (C=O) groups is 2. The van der Waals surface area contributed by atoms with Gasteiger partial charge in [0, 0.05) is 17.8 Å². The summed E-state index contributed by atoms with van der Waals surface area (Å²) in [5.74, 6) is -0.187. The smallest absolute Gasteiger partial charge is 0.251 e. The molecule has 0 aliphatic heterocycles. The van der Waals surface area contributed by atoms with E-state index in [9.17, 15) is 9.59 Å². The van der Waals surface area contributed by atoms with Crippen LogP contribution in [0.3, 0.4) is 0 Å². The first-order valence-electron chi connectivity index (χ1n) is 7.35. The normalized spacial score (nSPS) is 13.4. The molecule has 1 aromatic rings. The van der Waals surface area contributed by atoms with E-state index in [-0.39, 0.29) is 17.7 Å². The van der Waals surface area contributed by atoms with Crippen molar-refractivity contribution in [3.63, 3.8) is 0 Å². The largest absolute Gasteiger partial charge is 0.352 e. The number of carbonyl (C=O) groups excluding carboxylic acids is 2. The first-order chi connectivity index (χ1) is 9.90. The van der Waals surface area contributed by atoms with E-state index in [1.165, 1.54) is 0 Å². The molecule has 0 bridgehead atoms. The predicted molar refractivity (Wildman–Crippen MR) is 85.2 cm³/mol. The van der Waals surface area contributed by atoms with E-state index in [4.69, 9.17) is 5.73 Å². The molecule has 0 aliphatic carbocycles. The number of hydrogen-bond acceptors (Lipinski definition) is 3. The monoisotopic (exact) mass is 291 g/mol. The molecule has 0 aliphatic rings. The second-order valence-electron chi connectivity index (χ2n) is 5.29. The summed E-state index contributed by atoms with van der Waals surface area (Å²) >= 11 is 0. The minimum atomic E-state index is -0.530. The van der Waals surface area contributed by atoms with E-state index < -0.39 is 6.04 Å². The lowest BCUT2D eigenvalue weighted by Crippen LogP contribution is -2.40. The van der Waals surface area contributed by atoms with Crippen LogP contribution >= 0.6 is 0 Å². The van der Waals surface area contributed by atoms with Gasteiger partial charge < -0.3 is 16.4 Å². The van der Waals surface area contributed by atoms with E-state index in [2.05, 4.69) is 10.6 Å². The topological polar surface area (TPSA) is 84.2 Å². The van der Waals surface area contributed by atoms with Gasteiger partial charge in [-0.1, -0.05) is 20.3 Å². The molecule has 0 fully saturated rings. The number of anilines is 1. The molecule has 0 aromatic heterocycles. The van der Waals surface area contributed by atoms with Gasteiger partial charge in [0.05, 0.1) is 6.04 Å². The highest BCUT2D eigenvalue weighted by atomic mass is 16.2. The van der Waals surface area contributed by atoms with Crippen LogP contribution in [0.2, 0.25) is 0 Å². The molecule has 2 unspecified atom stereocenters. The molecule has 0 radical (unpaired) electrons. The van der Waals surface area contributed by atoms with Gasteiger partial charge in [0.2, 0.25) is 5.91 Å². The van der Waals surface area contributed by atoms with Crippen molar-refractivity contribution < 1.29 is 9.59 Å². The predicted octanol–water partition coefficient (Wildman–Crippen LogP) is 2.06. The molecule has 0 saturated carbocycles. The van der Waals surface area contributed by atoms with Crippen LogP contribution in [0.1, 0.15) is 43.1 Å². The number of amides is 2. The average molecular weight is 291 g/mol. The SMILES string of the molecule is CCNC(=O)c1ccc(NC(=O)C(N)C(C)CC)c(C)c1. The Kier molecular flexibility index (Phi) is 6.37. The summed E-state index contributed by atoms with van der Waals surface area (Å²) < 4.78 is 0. The summed E-state index contributed by atoms with van der Waals surface area (Å²) in [6.07, 6.45) is 0.851. The number of rotatable bonds is 6. The van der Waals surface area contributed by atoms with E-state index >= 15 is 0 Å². The minimum Gasteiger partial charge on any atom is -0.352 e. The summed E-state index contributed by atoms with van der Waals surface area (Å²) in [5.41, 5.74) is 8.02. The van der Waals surface area contributed by atoms with Crippen molar-refractivity contribution in [2.24, 2.45) is 11.7 Å². The number of nitrogens with two attached hydrogens (primary N) is 1. The molecule has 5 nitrogen and oxygen atoms in total. The maximum Gasteiger partial charge on any atom is 0.251 e. The lowest BCUT2D eigenvalue weighted by molar-refractivity contribution is -0.118. The zero-order valence-electron chi connectivity index (χ0n) is 13.2. The fourth-order valence-electron chi connectivity index (χ4n) is 1.94. The lowest BCUT2D eigenvalue weighted by atomic mass is 9.99. The average Bonchev–Trinajstić information content (AvgIpc) is 2.47. The first kappa shape index (κ1) is 17.2. The number of aryl methyl sites for hydroxylation is 1. The standard InChI is InChI=1S/C16H25N3O2/c1-5-10(3)14(17)16(21)19-13-8-7-12(9-11(13)4)15(20)18-6-2/h7-10,14H,5-6,17H2,1-4H3,(H,18,20)(H,19,21). The molecule has 2 amide bonds. The van der Waals surface area contributed by atoms with Crippen molar-refractivity contribution in [2.45, 2.75) is 40.2 Å². The van der Waals surface area contributed by atoms with Crippen LogP contribution in [-0.2, 0) is 4.79 Å². The van der Waals surface area contributed by atoms with Crippen LogP contribution in [0.15, 0.2) is 18.2 Å². The van der Waals surface area contributed by atoms with Crippen LogP contribution in [-0.4, -0.2) is 24.4 Å². The van der Waals surface area contributed by atoms with Gasteiger partial charge in [-0.25, -0.2) is 0 Å². The molecule has 116 valence electrons. The Morgan fingerprint density at radius 2 is 1.95 bits per heavy atom. The molecular weight excluding hydrogens is 266 g/mol. The summed E-state index contributed by atoms with van der Waals surface area (Å²) in [7, 11) is 0. The van der Waals surface area contributed by atoms with E-state index in [1.807, 2.05) is 27.7 Å². The van der Waals surface area contributed by atoms with Gasteiger partial charge in [0.15, 0.2) is 0 Å². The van der Waals surface area contributed by atoms with Gasteiger partial charge >= 0.3 is 0 Å². The van der Waals surface area contributed by atoms with Crippen LogP contribution < -0.4 is 16.4 Å². The molecule has 21 heavy (non-hydrogen) atoms. The fourth-order valence-corrected chi connectivity index (χ4v) is 1.94. The molecule has 4 N–H and O–H groups in total.